The van der Waals surface area contributed by atoms with Crippen LogP contribution in [0.3, 0.4) is 0 Å². The van der Waals surface area contributed by atoms with Gasteiger partial charge in [-0.1, -0.05) is 0 Å². The summed E-state index contributed by atoms with van der Waals surface area (Å²) >= 11 is 0. The van der Waals surface area contributed by atoms with Crippen molar-refractivity contribution in [1.82, 2.24) is 0 Å². The van der Waals surface area contributed by atoms with E-state index in [-0.39, 0.29) is 51.0 Å². The standard InChI is InChI=1S/C3H4O4.H2O.Sr.2H/c4-2(5)1-3(6)7;;;;/h1H2,(H,4,5)(H,6,7);1H2;;;. The number of aliphatic carboxylic acids is 2. The molecule has 0 unspecified atom stereocenters. The van der Waals surface area contributed by atoms with Crippen LogP contribution in [-0.4, -0.2) is 73.1 Å². The van der Waals surface area contributed by atoms with Gasteiger partial charge in [0.1, 0.15) is 6.42 Å². The molecule has 5 nitrogen and oxygen atoms in total. The monoisotopic (exact) mass is 212 g/mol. The van der Waals surface area contributed by atoms with Crippen LogP contribution >= 0.6 is 0 Å². The molecule has 0 aliphatic heterocycles. The Labute approximate surface area is 88.2 Å². The van der Waals surface area contributed by atoms with Gasteiger partial charge in [0.25, 0.3) is 0 Å². The third-order valence-corrected chi connectivity index (χ3v) is 0.302. The zero-order chi connectivity index (χ0) is 5.86. The molecular weight excluding hydrogens is 204 g/mol. The van der Waals surface area contributed by atoms with Crippen LogP contribution in [0.1, 0.15) is 6.42 Å². The van der Waals surface area contributed by atoms with Crippen LogP contribution in [0.5, 0.6) is 0 Å². The van der Waals surface area contributed by atoms with Gasteiger partial charge in [-0.25, -0.2) is 0 Å². The van der Waals surface area contributed by atoms with Crippen molar-refractivity contribution >= 4 is 57.4 Å². The number of rotatable bonds is 2. The zero-order valence-electron chi connectivity index (χ0n) is 3.92. The Bertz CT molecular complexity index is 88.4. The fourth-order valence-electron chi connectivity index (χ4n) is 0.129. The van der Waals surface area contributed by atoms with E-state index in [0.29, 0.717) is 0 Å². The van der Waals surface area contributed by atoms with E-state index in [4.69, 9.17) is 10.2 Å². The van der Waals surface area contributed by atoms with E-state index < -0.39 is 18.4 Å². The third kappa shape index (κ3) is 17.8. The van der Waals surface area contributed by atoms with E-state index >= 15 is 0 Å². The molecule has 0 aromatic carbocycles. The summed E-state index contributed by atoms with van der Waals surface area (Å²) in [5.41, 5.74) is 0. The number of carbonyl (C=O) groups is 2. The number of carboxylic acids is 2. The molecule has 0 amide bonds. The summed E-state index contributed by atoms with van der Waals surface area (Å²) in [5, 5.41) is 15.4. The second-order valence-electron chi connectivity index (χ2n) is 0.964. The summed E-state index contributed by atoms with van der Waals surface area (Å²) in [7, 11) is 0. The first-order valence-corrected chi connectivity index (χ1v) is 1.56. The Morgan fingerprint density at radius 3 is 1.33 bits per heavy atom. The number of hydrogen-bond acceptors (Lipinski definition) is 2. The molecule has 0 fully saturated rings. The Morgan fingerprint density at radius 1 is 1.11 bits per heavy atom. The molecule has 0 saturated heterocycles. The summed E-state index contributed by atoms with van der Waals surface area (Å²) in [5.74, 6) is -2.62. The second kappa shape index (κ2) is 8.38. The Morgan fingerprint density at radius 2 is 1.33 bits per heavy atom. The molecule has 0 aliphatic rings. The van der Waals surface area contributed by atoms with Gasteiger partial charge in [0.15, 0.2) is 0 Å². The van der Waals surface area contributed by atoms with Crippen molar-refractivity contribution in [3.63, 3.8) is 0 Å². The fourth-order valence-corrected chi connectivity index (χ4v) is 0.129. The molecule has 0 aliphatic carbocycles. The first-order chi connectivity index (χ1) is 3.13. The SMILES string of the molecule is O.O=C(O)CC(=O)O.[SrH2]. The third-order valence-electron chi connectivity index (χ3n) is 0.302. The summed E-state index contributed by atoms with van der Waals surface area (Å²) in [6.45, 7) is 0. The topological polar surface area (TPSA) is 106 Å². The van der Waals surface area contributed by atoms with E-state index in [1.54, 1.807) is 0 Å². The van der Waals surface area contributed by atoms with Crippen LogP contribution < -0.4 is 0 Å². The van der Waals surface area contributed by atoms with Crippen LogP contribution in [0.15, 0.2) is 0 Å². The second-order valence-corrected chi connectivity index (χ2v) is 0.964. The minimum atomic E-state index is -1.31. The first-order valence-electron chi connectivity index (χ1n) is 1.56. The quantitative estimate of drug-likeness (QED) is 0.400. The summed E-state index contributed by atoms with van der Waals surface area (Å²) < 4.78 is 0. The normalized spacial score (nSPS) is 6.22. The van der Waals surface area contributed by atoms with Crippen molar-refractivity contribution in [2.75, 3.05) is 0 Å². The van der Waals surface area contributed by atoms with Crippen molar-refractivity contribution in [2.24, 2.45) is 0 Å². The van der Waals surface area contributed by atoms with Gasteiger partial charge in [0, 0.05) is 0 Å². The molecular formula is C3H8O5Sr. The Balaban J connectivity index is -0.000000180. The molecule has 0 atom stereocenters. The molecule has 0 spiro atoms. The fraction of sp³-hybridized carbons (Fsp3) is 0.333. The Hall–Kier alpha value is 0.381. The zero-order valence-corrected chi connectivity index (χ0v) is 3.92. The average Bonchev–Trinajstić information content (AvgIpc) is 1.27. The summed E-state index contributed by atoms with van der Waals surface area (Å²) in [6.07, 6.45) is -0.806. The molecule has 9 heavy (non-hydrogen) atoms. The van der Waals surface area contributed by atoms with Crippen LogP contribution in [0, 0.1) is 0 Å². The predicted molar refractivity (Wildman–Crippen MR) is 32.0 cm³/mol. The molecule has 6 heteroatoms. The van der Waals surface area contributed by atoms with Crippen LogP contribution in [0.2, 0.25) is 0 Å². The van der Waals surface area contributed by atoms with Crippen LogP contribution in [-0.2, 0) is 9.59 Å². The van der Waals surface area contributed by atoms with E-state index in [9.17, 15) is 9.59 Å². The van der Waals surface area contributed by atoms with Crippen LogP contribution in [0.4, 0.5) is 0 Å². The van der Waals surface area contributed by atoms with Gasteiger partial charge in [-0.3, -0.25) is 9.59 Å². The summed E-state index contributed by atoms with van der Waals surface area (Å²) in [6, 6.07) is 0. The van der Waals surface area contributed by atoms with E-state index in [1.165, 1.54) is 0 Å². The van der Waals surface area contributed by atoms with Crippen molar-refractivity contribution in [1.29, 1.82) is 0 Å². The van der Waals surface area contributed by atoms with Gasteiger partial charge in [-0.15, -0.1) is 0 Å². The molecule has 52 valence electrons. The van der Waals surface area contributed by atoms with Crippen molar-refractivity contribution in [3.05, 3.63) is 0 Å². The van der Waals surface area contributed by atoms with E-state index in [2.05, 4.69) is 0 Å². The predicted octanol–water partition coefficient (Wildman–Crippen LogP) is -2.20. The van der Waals surface area contributed by atoms with Crippen LogP contribution in [0.25, 0.3) is 0 Å². The van der Waals surface area contributed by atoms with E-state index in [0.717, 1.165) is 0 Å². The van der Waals surface area contributed by atoms with Gasteiger partial charge in [0.05, 0.1) is 0 Å². The number of carboxylic acid groups (broad SMARTS) is 2. The van der Waals surface area contributed by atoms with Gasteiger partial charge in [-0.05, 0) is 0 Å². The summed E-state index contributed by atoms with van der Waals surface area (Å²) in [4.78, 5) is 18.9. The average molecular weight is 212 g/mol. The maximum atomic E-state index is 9.43. The molecule has 0 radical (unpaired) electrons. The molecule has 0 saturated carbocycles. The first kappa shape index (κ1) is 16.2. The Kier molecular flexibility index (Phi) is 15.1. The van der Waals surface area contributed by atoms with Crippen molar-refractivity contribution in [3.8, 4) is 0 Å². The maximum absolute atomic E-state index is 9.43. The van der Waals surface area contributed by atoms with Gasteiger partial charge in [-0.2, -0.15) is 0 Å². The van der Waals surface area contributed by atoms with Gasteiger partial charge in [0.2, 0.25) is 0 Å². The molecule has 0 bridgehead atoms. The molecule has 0 aromatic rings. The van der Waals surface area contributed by atoms with Gasteiger partial charge >= 0.3 is 57.4 Å². The van der Waals surface area contributed by atoms with Gasteiger partial charge < -0.3 is 15.7 Å². The number of hydrogen-bond donors (Lipinski definition) is 2. The molecule has 0 rings (SSSR count). The molecule has 4 N–H and O–H groups in total. The molecule has 0 heterocycles. The molecule has 0 aromatic heterocycles. The van der Waals surface area contributed by atoms with E-state index in [1.807, 2.05) is 0 Å². The van der Waals surface area contributed by atoms with Crippen molar-refractivity contribution < 1.29 is 25.3 Å². The van der Waals surface area contributed by atoms with Crippen molar-refractivity contribution in [2.45, 2.75) is 6.42 Å². The minimum absolute atomic E-state index is 0.